The maximum Gasteiger partial charge on any atom is 0.244 e. The highest BCUT2D eigenvalue weighted by atomic mass is 16.5. The summed E-state index contributed by atoms with van der Waals surface area (Å²) in [5.74, 6) is 1.43. The van der Waals surface area contributed by atoms with Gasteiger partial charge in [-0.05, 0) is 42.7 Å². The molecule has 6 heteroatoms. The topological polar surface area (TPSA) is 76.8 Å². The first-order valence-electron chi connectivity index (χ1n) is 9.04. The van der Waals surface area contributed by atoms with E-state index >= 15 is 0 Å². The average molecular weight is 371 g/mol. The predicted molar refractivity (Wildman–Crippen MR) is 108 cm³/mol. The van der Waals surface area contributed by atoms with Crippen molar-refractivity contribution in [1.82, 2.24) is 10.2 Å². The van der Waals surface area contributed by atoms with E-state index < -0.39 is 0 Å². The van der Waals surface area contributed by atoms with Gasteiger partial charge in [0.25, 0.3) is 0 Å². The van der Waals surface area contributed by atoms with Gasteiger partial charge in [-0.25, -0.2) is 0 Å². The van der Waals surface area contributed by atoms with E-state index in [2.05, 4.69) is 16.3 Å². The van der Waals surface area contributed by atoms with Crippen LogP contribution >= 0.6 is 0 Å². The lowest BCUT2D eigenvalue weighted by Gasteiger charge is -2.29. The third kappa shape index (κ3) is 6.49. The number of carbonyl (C=O) groups is 1. The second-order valence-corrected chi connectivity index (χ2v) is 6.45. The van der Waals surface area contributed by atoms with E-state index in [1.165, 1.54) is 17.2 Å². The largest absolute Gasteiger partial charge is 0.493 e. The fourth-order valence-corrected chi connectivity index (χ4v) is 2.94. The van der Waals surface area contributed by atoms with E-state index in [1.807, 2.05) is 13.0 Å². The molecule has 27 heavy (non-hydrogen) atoms. The van der Waals surface area contributed by atoms with Crippen molar-refractivity contribution < 1.29 is 14.3 Å². The standard InChI is InChI=1S/C21H29N3O3/c1-16(22)7-5-4-6-8-21(25)23-10-12-24-11-9-17-13-19(26-2)20(27-3)14-18(17)15-24/h4-8,13-14H,9-12,15,22H2,1-3H3,(H,23,25)/b5-4-,8-6+,16-7+. The molecule has 0 saturated carbocycles. The van der Waals surface area contributed by atoms with Crippen LogP contribution in [0.1, 0.15) is 18.1 Å². The molecule has 1 heterocycles. The molecule has 1 aromatic carbocycles. The van der Waals surface area contributed by atoms with Crippen LogP contribution in [0.4, 0.5) is 0 Å². The number of rotatable bonds is 8. The zero-order chi connectivity index (χ0) is 19.6. The van der Waals surface area contributed by atoms with E-state index in [9.17, 15) is 4.79 Å². The first kappa shape index (κ1) is 20.6. The van der Waals surface area contributed by atoms with Crippen molar-refractivity contribution >= 4 is 5.91 Å². The van der Waals surface area contributed by atoms with Gasteiger partial charge < -0.3 is 20.5 Å². The Morgan fingerprint density at radius 3 is 2.56 bits per heavy atom. The molecule has 0 unspecified atom stereocenters. The van der Waals surface area contributed by atoms with Gasteiger partial charge in [-0.3, -0.25) is 9.69 Å². The Kier molecular flexibility index (Phi) is 7.95. The Morgan fingerprint density at radius 2 is 1.89 bits per heavy atom. The van der Waals surface area contributed by atoms with Crippen molar-refractivity contribution in [2.24, 2.45) is 5.73 Å². The summed E-state index contributed by atoms with van der Waals surface area (Å²) in [5.41, 5.74) is 8.79. The van der Waals surface area contributed by atoms with Crippen molar-refractivity contribution in [3.8, 4) is 11.5 Å². The van der Waals surface area contributed by atoms with Crippen LogP contribution in [0.15, 0.2) is 48.2 Å². The monoisotopic (exact) mass is 371 g/mol. The minimum absolute atomic E-state index is 0.100. The molecule has 146 valence electrons. The van der Waals surface area contributed by atoms with Gasteiger partial charge in [-0.1, -0.05) is 18.2 Å². The van der Waals surface area contributed by atoms with Crippen LogP contribution in [-0.4, -0.2) is 44.7 Å². The minimum Gasteiger partial charge on any atom is -0.493 e. The molecular formula is C21H29N3O3. The Morgan fingerprint density at radius 1 is 1.19 bits per heavy atom. The Balaban J connectivity index is 1.80. The highest BCUT2D eigenvalue weighted by Gasteiger charge is 2.19. The molecule has 0 radical (unpaired) electrons. The summed E-state index contributed by atoms with van der Waals surface area (Å²) in [7, 11) is 3.30. The Hall–Kier alpha value is -2.73. The molecule has 1 aliphatic rings. The quantitative estimate of drug-likeness (QED) is 0.541. The molecule has 0 atom stereocenters. The van der Waals surface area contributed by atoms with Crippen molar-refractivity contribution in [3.05, 3.63) is 59.3 Å². The fraction of sp³-hybridized carbons (Fsp3) is 0.381. The third-order valence-corrected chi connectivity index (χ3v) is 4.35. The summed E-state index contributed by atoms with van der Waals surface area (Å²) in [6, 6.07) is 4.11. The normalized spacial score (nSPS) is 15.1. The van der Waals surface area contributed by atoms with Crippen LogP contribution in [0, 0.1) is 0 Å². The van der Waals surface area contributed by atoms with Crippen molar-refractivity contribution in [2.75, 3.05) is 33.9 Å². The van der Waals surface area contributed by atoms with Crippen LogP contribution in [0.5, 0.6) is 11.5 Å². The highest BCUT2D eigenvalue weighted by Crippen LogP contribution is 2.33. The summed E-state index contributed by atoms with van der Waals surface area (Å²) in [5, 5.41) is 2.91. The van der Waals surface area contributed by atoms with Crippen LogP contribution in [0.2, 0.25) is 0 Å². The SMILES string of the molecule is COc1cc2c(cc1OC)CN(CCNC(=O)/C=C/C=C\C=C(/C)N)CC2. The van der Waals surface area contributed by atoms with E-state index in [0.29, 0.717) is 6.54 Å². The number of nitrogens with two attached hydrogens (primary N) is 1. The fourth-order valence-electron chi connectivity index (χ4n) is 2.94. The molecular weight excluding hydrogens is 342 g/mol. The van der Waals surface area contributed by atoms with Crippen LogP contribution in [0.3, 0.4) is 0 Å². The zero-order valence-corrected chi connectivity index (χ0v) is 16.3. The van der Waals surface area contributed by atoms with E-state index in [0.717, 1.165) is 43.3 Å². The molecule has 1 aliphatic heterocycles. The number of hydrogen-bond donors (Lipinski definition) is 2. The van der Waals surface area contributed by atoms with Crippen LogP contribution in [-0.2, 0) is 17.8 Å². The number of fused-ring (bicyclic) bond motifs is 1. The van der Waals surface area contributed by atoms with Gasteiger partial charge >= 0.3 is 0 Å². The van der Waals surface area contributed by atoms with Gasteiger partial charge in [0.2, 0.25) is 5.91 Å². The van der Waals surface area contributed by atoms with E-state index in [1.54, 1.807) is 38.5 Å². The Labute approximate surface area is 161 Å². The summed E-state index contributed by atoms with van der Waals surface area (Å²) >= 11 is 0. The lowest BCUT2D eigenvalue weighted by molar-refractivity contribution is -0.116. The molecule has 3 N–H and O–H groups in total. The van der Waals surface area contributed by atoms with Crippen molar-refractivity contribution in [1.29, 1.82) is 0 Å². The van der Waals surface area contributed by atoms with Crippen molar-refractivity contribution in [2.45, 2.75) is 19.9 Å². The minimum atomic E-state index is -0.100. The van der Waals surface area contributed by atoms with E-state index in [-0.39, 0.29) is 5.91 Å². The molecule has 0 spiro atoms. The smallest absolute Gasteiger partial charge is 0.244 e. The summed E-state index contributed by atoms with van der Waals surface area (Å²) in [6.45, 7) is 5.03. The summed E-state index contributed by atoms with van der Waals surface area (Å²) in [6.07, 6.45) is 9.53. The predicted octanol–water partition coefficient (Wildman–Crippen LogP) is 2.15. The summed E-state index contributed by atoms with van der Waals surface area (Å²) in [4.78, 5) is 14.1. The highest BCUT2D eigenvalue weighted by molar-refractivity contribution is 5.87. The zero-order valence-electron chi connectivity index (χ0n) is 16.3. The third-order valence-electron chi connectivity index (χ3n) is 4.35. The number of nitrogens with one attached hydrogen (secondary N) is 1. The maximum atomic E-state index is 11.8. The molecule has 0 fully saturated rings. The molecule has 1 amide bonds. The molecule has 0 aromatic heterocycles. The van der Waals surface area contributed by atoms with Gasteiger partial charge in [0.05, 0.1) is 14.2 Å². The second-order valence-electron chi connectivity index (χ2n) is 6.45. The number of allylic oxidation sites excluding steroid dienone is 5. The number of benzene rings is 1. The van der Waals surface area contributed by atoms with Gasteiger partial charge in [0.15, 0.2) is 11.5 Å². The van der Waals surface area contributed by atoms with Crippen LogP contribution in [0.25, 0.3) is 0 Å². The molecule has 1 aromatic rings. The number of methoxy groups -OCH3 is 2. The number of amides is 1. The van der Waals surface area contributed by atoms with Gasteiger partial charge in [0.1, 0.15) is 0 Å². The number of ether oxygens (including phenoxy) is 2. The molecule has 6 nitrogen and oxygen atoms in total. The Bertz CT molecular complexity index is 734. The first-order valence-corrected chi connectivity index (χ1v) is 9.04. The number of carbonyl (C=O) groups excluding carboxylic acids is 1. The van der Waals surface area contributed by atoms with Gasteiger partial charge in [0, 0.05) is 38.0 Å². The van der Waals surface area contributed by atoms with Gasteiger partial charge in [-0.15, -0.1) is 0 Å². The maximum absolute atomic E-state index is 11.8. The van der Waals surface area contributed by atoms with Crippen LogP contribution < -0.4 is 20.5 Å². The number of nitrogens with zero attached hydrogens (tertiary/aromatic N) is 1. The van der Waals surface area contributed by atoms with E-state index in [4.69, 9.17) is 15.2 Å². The first-order chi connectivity index (χ1) is 13.0. The second kappa shape index (κ2) is 10.4. The molecule has 0 saturated heterocycles. The molecule has 0 aliphatic carbocycles. The lowest BCUT2D eigenvalue weighted by atomic mass is 9.99. The molecule has 0 bridgehead atoms. The summed E-state index contributed by atoms with van der Waals surface area (Å²) < 4.78 is 10.8. The lowest BCUT2D eigenvalue weighted by Crippen LogP contribution is -2.37. The number of hydrogen-bond acceptors (Lipinski definition) is 5. The van der Waals surface area contributed by atoms with Gasteiger partial charge in [-0.2, -0.15) is 0 Å². The molecule has 2 rings (SSSR count). The van der Waals surface area contributed by atoms with Crippen molar-refractivity contribution in [3.63, 3.8) is 0 Å². The average Bonchev–Trinajstić information content (AvgIpc) is 2.66.